The van der Waals surface area contributed by atoms with Crippen LogP contribution in [0, 0.1) is 0 Å². The number of hydrogen-bond donors (Lipinski definition) is 0. The molecule has 0 amide bonds. The third-order valence-electron chi connectivity index (χ3n) is 4.38. The number of rotatable bonds is 4. The van der Waals surface area contributed by atoms with E-state index in [1.54, 1.807) is 0 Å². The molecule has 2 aromatic rings. The number of ether oxygens (including phenoxy) is 2. The number of benzene rings is 2. The second-order valence-corrected chi connectivity index (χ2v) is 5.98. The highest BCUT2D eigenvalue weighted by molar-refractivity contribution is 5.34. The second-order valence-electron chi connectivity index (χ2n) is 5.98. The quantitative estimate of drug-likeness (QED) is 0.830. The Labute approximate surface area is 126 Å². The standard InChI is InChI=1S/C19H22O2/c1-19(10-12-20-13-11-19)17-8-5-9-18(14-17)21-15-16-6-3-2-4-7-16/h2-9,14H,10-13,15H2,1H3. The lowest BCUT2D eigenvalue weighted by Gasteiger charge is -2.34. The van der Waals surface area contributed by atoms with E-state index in [0.29, 0.717) is 6.61 Å². The molecule has 0 N–H and O–H groups in total. The van der Waals surface area contributed by atoms with Crippen molar-refractivity contribution in [2.24, 2.45) is 0 Å². The topological polar surface area (TPSA) is 18.5 Å². The molecule has 2 aromatic carbocycles. The van der Waals surface area contributed by atoms with Crippen LogP contribution < -0.4 is 4.74 Å². The third kappa shape index (κ3) is 3.45. The van der Waals surface area contributed by atoms with Crippen molar-refractivity contribution in [1.29, 1.82) is 0 Å². The normalized spacial score (nSPS) is 17.4. The second kappa shape index (κ2) is 6.31. The Hall–Kier alpha value is -1.80. The minimum atomic E-state index is 0.213. The fraction of sp³-hybridized carbons (Fsp3) is 0.368. The monoisotopic (exact) mass is 282 g/mol. The van der Waals surface area contributed by atoms with E-state index in [2.05, 4.69) is 37.3 Å². The molecule has 0 aliphatic carbocycles. The lowest BCUT2D eigenvalue weighted by molar-refractivity contribution is 0.0563. The lowest BCUT2D eigenvalue weighted by Crippen LogP contribution is -2.30. The van der Waals surface area contributed by atoms with Crippen molar-refractivity contribution in [1.82, 2.24) is 0 Å². The molecule has 0 radical (unpaired) electrons. The van der Waals surface area contributed by atoms with Gasteiger partial charge in [-0.05, 0) is 41.5 Å². The van der Waals surface area contributed by atoms with Crippen LogP contribution in [-0.4, -0.2) is 13.2 Å². The molecule has 0 spiro atoms. The van der Waals surface area contributed by atoms with Crippen molar-refractivity contribution >= 4 is 0 Å². The Kier molecular flexibility index (Phi) is 4.26. The predicted molar refractivity (Wildman–Crippen MR) is 84.6 cm³/mol. The van der Waals surface area contributed by atoms with Gasteiger partial charge in [0.05, 0.1) is 0 Å². The molecule has 1 aliphatic heterocycles. The van der Waals surface area contributed by atoms with Crippen LogP contribution in [0.15, 0.2) is 54.6 Å². The molecule has 0 saturated carbocycles. The minimum absolute atomic E-state index is 0.213. The zero-order valence-electron chi connectivity index (χ0n) is 12.5. The first-order valence-corrected chi connectivity index (χ1v) is 7.61. The van der Waals surface area contributed by atoms with Crippen molar-refractivity contribution in [3.05, 3.63) is 65.7 Å². The first kappa shape index (κ1) is 14.2. The van der Waals surface area contributed by atoms with Gasteiger partial charge >= 0.3 is 0 Å². The Morgan fingerprint density at radius 1 is 1.00 bits per heavy atom. The smallest absolute Gasteiger partial charge is 0.120 e. The average molecular weight is 282 g/mol. The maximum absolute atomic E-state index is 5.94. The van der Waals surface area contributed by atoms with Gasteiger partial charge < -0.3 is 9.47 Å². The highest BCUT2D eigenvalue weighted by Crippen LogP contribution is 2.35. The molecule has 0 bridgehead atoms. The van der Waals surface area contributed by atoms with Crippen LogP contribution in [0.3, 0.4) is 0 Å². The van der Waals surface area contributed by atoms with Crippen molar-refractivity contribution in [2.75, 3.05) is 13.2 Å². The first-order chi connectivity index (χ1) is 10.3. The molecule has 2 nitrogen and oxygen atoms in total. The zero-order valence-corrected chi connectivity index (χ0v) is 12.5. The molecule has 1 fully saturated rings. The van der Waals surface area contributed by atoms with Gasteiger partial charge in [0.15, 0.2) is 0 Å². The maximum atomic E-state index is 5.94. The zero-order chi connectivity index (χ0) is 14.5. The Bertz CT molecular complexity index is 571. The van der Waals surface area contributed by atoms with Gasteiger partial charge in [-0.15, -0.1) is 0 Å². The van der Waals surface area contributed by atoms with E-state index in [1.807, 2.05) is 24.3 Å². The summed E-state index contributed by atoms with van der Waals surface area (Å²) in [6, 6.07) is 18.8. The van der Waals surface area contributed by atoms with Crippen molar-refractivity contribution in [2.45, 2.75) is 31.8 Å². The van der Waals surface area contributed by atoms with Crippen LogP contribution in [-0.2, 0) is 16.8 Å². The highest BCUT2D eigenvalue weighted by atomic mass is 16.5. The summed E-state index contributed by atoms with van der Waals surface area (Å²) in [5, 5.41) is 0. The Morgan fingerprint density at radius 3 is 2.52 bits per heavy atom. The van der Waals surface area contributed by atoms with Crippen molar-refractivity contribution < 1.29 is 9.47 Å². The maximum Gasteiger partial charge on any atom is 0.120 e. The average Bonchev–Trinajstić information content (AvgIpc) is 2.55. The SMILES string of the molecule is CC1(c2cccc(OCc3ccccc3)c2)CCOCC1. The van der Waals surface area contributed by atoms with E-state index in [1.165, 1.54) is 11.1 Å². The van der Waals surface area contributed by atoms with E-state index in [9.17, 15) is 0 Å². The van der Waals surface area contributed by atoms with Crippen LogP contribution in [0.1, 0.15) is 30.9 Å². The third-order valence-corrected chi connectivity index (χ3v) is 4.38. The summed E-state index contributed by atoms with van der Waals surface area (Å²) in [7, 11) is 0. The molecule has 2 heteroatoms. The fourth-order valence-electron chi connectivity index (χ4n) is 2.81. The summed E-state index contributed by atoms with van der Waals surface area (Å²) in [6.07, 6.45) is 2.16. The Morgan fingerprint density at radius 2 is 1.76 bits per heavy atom. The van der Waals surface area contributed by atoms with Gasteiger partial charge in [-0.25, -0.2) is 0 Å². The minimum Gasteiger partial charge on any atom is -0.489 e. The van der Waals surface area contributed by atoms with E-state index in [0.717, 1.165) is 31.8 Å². The summed E-state index contributed by atoms with van der Waals surface area (Å²) < 4.78 is 11.4. The lowest BCUT2D eigenvalue weighted by atomic mass is 9.76. The molecule has 1 saturated heterocycles. The molecule has 3 rings (SSSR count). The van der Waals surface area contributed by atoms with Gasteiger partial charge in [-0.3, -0.25) is 0 Å². The molecule has 1 heterocycles. The van der Waals surface area contributed by atoms with Crippen LogP contribution in [0.5, 0.6) is 5.75 Å². The van der Waals surface area contributed by atoms with Gasteiger partial charge in [0.1, 0.15) is 12.4 Å². The van der Waals surface area contributed by atoms with E-state index in [4.69, 9.17) is 9.47 Å². The summed E-state index contributed by atoms with van der Waals surface area (Å²) in [5.74, 6) is 0.948. The summed E-state index contributed by atoms with van der Waals surface area (Å²) >= 11 is 0. The predicted octanol–water partition coefficient (Wildman–Crippen LogP) is 4.33. The van der Waals surface area contributed by atoms with Crippen LogP contribution in [0.2, 0.25) is 0 Å². The van der Waals surface area contributed by atoms with Crippen LogP contribution in [0.4, 0.5) is 0 Å². The molecule has 0 unspecified atom stereocenters. The van der Waals surface area contributed by atoms with Gasteiger partial charge in [0, 0.05) is 13.2 Å². The first-order valence-electron chi connectivity index (χ1n) is 7.61. The number of hydrogen-bond acceptors (Lipinski definition) is 2. The van der Waals surface area contributed by atoms with Crippen molar-refractivity contribution in [3.63, 3.8) is 0 Å². The van der Waals surface area contributed by atoms with Gasteiger partial charge in [-0.2, -0.15) is 0 Å². The van der Waals surface area contributed by atoms with Crippen LogP contribution >= 0.6 is 0 Å². The van der Waals surface area contributed by atoms with E-state index < -0.39 is 0 Å². The summed E-state index contributed by atoms with van der Waals surface area (Å²) in [5.41, 5.74) is 2.77. The van der Waals surface area contributed by atoms with Gasteiger partial charge in [-0.1, -0.05) is 49.4 Å². The molecule has 110 valence electrons. The Balaban J connectivity index is 1.71. The van der Waals surface area contributed by atoms with Gasteiger partial charge in [0.25, 0.3) is 0 Å². The van der Waals surface area contributed by atoms with Crippen LogP contribution in [0.25, 0.3) is 0 Å². The molecule has 0 aromatic heterocycles. The largest absolute Gasteiger partial charge is 0.489 e. The van der Waals surface area contributed by atoms with Gasteiger partial charge in [0.2, 0.25) is 0 Å². The molecule has 1 aliphatic rings. The van der Waals surface area contributed by atoms with E-state index >= 15 is 0 Å². The highest BCUT2D eigenvalue weighted by Gasteiger charge is 2.29. The van der Waals surface area contributed by atoms with E-state index in [-0.39, 0.29) is 5.41 Å². The fourth-order valence-corrected chi connectivity index (χ4v) is 2.81. The molecular formula is C19H22O2. The van der Waals surface area contributed by atoms with Crippen molar-refractivity contribution in [3.8, 4) is 5.75 Å². The molecule has 0 atom stereocenters. The molecular weight excluding hydrogens is 260 g/mol. The molecule has 21 heavy (non-hydrogen) atoms. The summed E-state index contributed by atoms with van der Waals surface area (Å²) in [4.78, 5) is 0. The summed E-state index contributed by atoms with van der Waals surface area (Å²) in [6.45, 7) is 4.65.